The number of fused-ring (bicyclic) bond motifs is 1. The van der Waals surface area contributed by atoms with Crippen LogP contribution in [-0.2, 0) is 12.8 Å². The minimum atomic E-state index is -0.498. The molecular formula is C34H32O7. The molecule has 7 nitrogen and oxygen atoms in total. The summed E-state index contributed by atoms with van der Waals surface area (Å²) in [6, 6.07) is 22.3. The van der Waals surface area contributed by atoms with Crippen LogP contribution in [-0.4, -0.2) is 33.3 Å². The van der Waals surface area contributed by atoms with Gasteiger partial charge in [0.25, 0.3) is 0 Å². The highest BCUT2D eigenvalue weighted by Gasteiger charge is 2.36. The summed E-state index contributed by atoms with van der Waals surface area (Å²) in [6.45, 7) is 0. The average molecular weight is 553 g/mol. The Morgan fingerprint density at radius 2 is 1.56 bits per heavy atom. The van der Waals surface area contributed by atoms with Crippen molar-refractivity contribution in [1.29, 1.82) is 0 Å². The summed E-state index contributed by atoms with van der Waals surface area (Å²) in [6.07, 6.45) is 5.07. The van der Waals surface area contributed by atoms with Gasteiger partial charge in [0, 0.05) is 24.0 Å². The molecular weight excluding hydrogens is 520 g/mol. The Kier molecular flexibility index (Phi) is 8.15. The Bertz CT molecular complexity index is 1540. The standard InChI is InChI=1S/C34H32O7/c1-40-27-16-7-22(8-17-27)9-18-29(37)32-31(39)20-30(38)28-19-24(4-2-3-21-5-12-25(35)13-6-21)33(41-34(28)32)23-10-14-26(36)15-11-23/h2-3,5-8,10-17,20,24,33,35-36,38-39H,4,9,18-19H2,1H3. The molecule has 4 aromatic carbocycles. The van der Waals surface area contributed by atoms with Gasteiger partial charge in [0.05, 0.1) is 7.11 Å². The van der Waals surface area contributed by atoms with Crippen LogP contribution < -0.4 is 9.47 Å². The number of carbonyl (C=O) groups is 1. The number of Topliss-reactive ketones (excluding diaryl/α,β-unsaturated/α-hetero) is 1. The van der Waals surface area contributed by atoms with Crippen molar-refractivity contribution in [3.05, 3.63) is 113 Å². The Labute approximate surface area is 238 Å². The van der Waals surface area contributed by atoms with Crippen LogP contribution in [0.5, 0.6) is 34.5 Å². The quantitative estimate of drug-likeness (QED) is 0.170. The second-order valence-corrected chi connectivity index (χ2v) is 10.2. The number of hydrogen-bond donors (Lipinski definition) is 4. The summed E-state index contributed by atoms with van der Waals surface area (Å²) in [5.74, 6) is 0.392. The minimum Gasteiger partial charge on any atom is -0.508 e. The number of hydrogen-bond acceptors (Lipinski definition) is 7. The average Bonchev–Trinajstić information content (AvgIpc) is 2.97. The van der Waals surface area contributed by atoms with Gasteiger partial charge < -0.3 is 29.9 Å². The van der Waals surface area contributed by atoms with Crippen molar-refractivity contribution in [3.63, 3.8) is 0 Å². The molecule has 0 spiro atoms. The minimum absolute atomic E-state index is 0.0631. The predicted molar refractivity (Wildman–Crippen MR) is 156 cm³/mol. The van der Waals surface area contributed by atoms with E-state index in [0.29, 0.717) is 24.8 Å². The third-order valence-corrected chi connectivity index (χ3v) is 7.42. The molecule has 0 fully saturated rings. The van der Waals surface area contributed by atoms with Gasteiger partial charge in [-0.15, -0.1) is 0 Å². The summed E-state index contributed by atoms with van der Waals surface area (Å²) < 4.78 is 11.7. The Balaban J connectivity index is 1.44. The lowest BCUT2D eigenvalue weighted by Gasteiger charge is -2.35. The lowest BCUT2D eigenvalue weighted by atomic mass is 9.82. The molecule has 0 radical (unpaired) electrons. The summed E-state index contributed by atoms with van der Waals surface area (Å²) in [7, 11) is 1.59. The lowest BCUT2D eigenvalue weighted by molar-refractivity contribution is 0.0933. The van der Waals surface area contributed by atoms with Crippen LogP contribution >= 0.6 is 0 Å². The Morgan fingerprint density at radius 1 is 0.902 bits per heavy atom. The first-order valence-electron chi connectivity index (χ1n) is 13.5. The molecule has 0 saturated carbocycles. The van der Waals surface area contributed by atoms with Crippen molar-refractivity contribution in [2.75, 3.05) is 7.11 Å². The molecule has 4 N–H and O–H groups in total. The van der Waals surface area contributed by atoms with Crippen molar-refractivity contribution in [2.45, 2.75) is 31.8 Å². The van der Waals surface area contributed by atoms with E-state index >= 15 is 0 Å². The fourth-order valence-electron chi connectivity index (χ4n) is 5.21. The molecule has 7 heteroatoms. The summed E-state index contributed by atoms with van der Waals surface area (Å²) in [4.78, 5) is 13.5. The van der Waals surface area contributed by atoms with E-state index < -0.39 is 6.10 Å². The molecule has 0 aromatic heterocycles. The maximum atomic E-state index is 13.5. The first-order valence-corrected chi connectivity index (χ1v) is 13.5. The molecule has 1 aliphatic rings. The summed E-state index contributed by atoms with van der Waals surface area (Å²) >= 11 is 0. The zero-order chi connectivity index (χ0) is 28.9. The molecule has 210 valence electrons. The maximum absolute atomic E-state index is 13.5. The highest BCUT2D eigenvalue weighted by atomic mass is 16.5. The SMILES string of the molecule is COc1ccc(CCC(=O)c2c(O)cc(O)c3c2OC(c2ccc(O)cc2)C(CC=Cc2ccc(O)cc2)C3)cc1. The third kappa shape index (κ3) is 6.30. The second kappa shape index (κ2) is 12.1. The largest absolute Gasteiger partial charge is 0.508 e. The van der Waals surface area contributed by atoms with E-state index in [1.54, 1.807) is 43.5 Å². The van der Waals surface area contributed by atoms with Crippen molar-refractivity contribution in [1.82, 2.24) is 0 Å². The topological polar surface area (TPSA) is 116 Å². The van der Waals surface area contributed by atoms with Crippen LogP contribution in [0.1, 0.15) is 51.6 Å². The van der Waals surface area contributed by atoms with E-state index in [1.807, 2.05) is 48.6 Å². The van der Waals surface area contributed by atoms with Crippen LogP contribution in [0.4, 0.5) is 0 Å². The molecule has 0 aliphatic carbocycles. The Hall–Kier alpha value is -4.91. The lowest BCUT2D eigenvalue weighted by Crippen LogP contribution is -2.27. The van der Waals surface area contributed by atoms with E-state index in [2.05, 4.69) is 0 Å². The van der Waals surface area contributed by atoms with Gasteiger partial charge in [-0.1, -0.05) is 48.6 Å². The number of benzene rings is 4. The number of aryl methyl sites for hydroxylation is 1. The van der Waals surface area contributed by atoms with Gasteiger partial charge in [0.2, 0.25) is 0 Å². The summed E-state index contributed by atoms with van der Waals surface area (Å²) in [5.41, 5.74) is 3.23. The van der Waals surface area contributed by atoms with Crippen LogP contribution in [0.25, 0.3) is 6.08 Å². The number of aromatic hydroxyl groups is 4. The summed E-state index contributed by atoms with van der Waals surface area (Å²) in [5, 5.41) is 41.0. The number of phenols is 4. The number of ether oxygens (including phenoxy) is 2. The smallest absolute Gasteiger partial charge is 0.170 e. The molecule has 5 rings (SSSR count). The van der Waals surface area contributed by atoms with Gasteiger partial charge in [-0.05, 0) is 72.4 Å². The molecule has 0 bridgehead atoms. The van der Waals surface area contributed by atoms with Crippen LogP contribution in [0.15, 0.2) is 84.9 Å². The molecule has 0 saturated heterocycles. The zero-order valence-electron chi connectivity index (χ0n) is 22.7. The van der Waals surface area contributed by atoms with Crippen LogP contribution in [0, 0.1) is 5.92 Å². The second-order valence-electron chi connectivity index (χ2n) is 10.2. The Morgan fingerprint density at radius 3 is 2.22 bits per heavy atom. The first kappa shape index (κ1) is 27.6. The predicted octanol–water partition coefficient (Wildman–Crippen LogP) is 6.73. The normalized spacial score (nSPS) is 16.2. The van der Waals surface area contributed by atoms with Crippen molar-refractivity contribution in [3.8, 4) is 34.5 Å². The van der Waals surface area contributed by atoms with Gasteiger partial charge in [0.1, 0.15) is 46.2 Å². The van der Waals surface area contributed by atoms with Crippen LogP contribution in [0.2, 0.25) is 0 Å². The molecule has 2 unspecified atom stereocenters. The van der Waals surface area contributed by atoms with E-state index in [-0.39, 0.29) is 52.4 Å². The van der Waals surface area contributed by atoms with Crippen LogP contribution in [0.3, 0.4) is 0 Å². The van der Waals surface area contributed by atoms with E-state index in [1.165, 1.54) is 6.07 Å². The van der Waals surface area contributed by atoms with Gasteiger partial charge in [0.15, 0.2) is 5.78 Å². The molecule has 1 heterocycles. The van der Waals surface area contributed by atoms with E-state index in [9.17, 15) is 25.2 Å². The fraction of sp³-hybridized carbons (Fsp3) is 0.206. The number of allylic oxidation sites excluding steroid dienone is 1. The highest BCUT2D eigenvalue weighted by Crippen LogP contribution is 2.48. The molecule has 2 atom stereocenters. The fourth-order valence-corrected chi connectivity index (χ4v) is 5.21. The molecule has 4 aromatic rings. The van der Waals surface area contributed by atoms with Gasteiger partial charge in [-0.3, -0.25) is 4.79 Å². The van der Waals surface area contributed by atoms with Gasteiger partial charge in [-0.25, -0.2) is 0 Å². The van der Waals surface area contributed by atoms with E-state index in [0.717, 1.165) is 22.4 Å². The number of ketones is 1. The number of carbonyl (C=O) groups excluding carboxylic acids is 1. The van der Waals surface area contributed by atoms with Crippen molar-refractivity contribution >= 4 is 11.9 Å². The van der Waals surface area contributed by atoms with Crippen molar-refractivity contribution in [2.24, 2.45) is 5.92 Å². The molecule has 41 heavy (non-hydrogen) atoms. The number of rotatable bonds is 9. The third-order valence-electron chi connectivity index (χ3n) is 7.42. The maximum Gasteiger partial charge on any atom is 0.170 e. The molecule has 1 aliphatic heterocycles. The first-order chi connectivity index (χ1) is 19.8. The molecule has 0 amide bonds. The van der Waals surface area contributed by atoms with Gasteiger partial charge in [-0.2, -0.15) is 0 Å². The van der Waals surface area contributed by atoms with Crippen molar-refractivity contribution < 1.29 is 34.7 Å². The van der Waals surface area contributed by atoms with Gasteiger partial charge >= 0.3 is 0 Å². The zero-order valence-corrected chi connectivity index (χ0v) is 22.7. The number of phenolic OH excluding ortho intramolecular Hbond substituents is 4. The highest BCUT2D eigenvalue weighted by molar-refractivity contribution is 6.02. The number of methoxy groups -OCH3 is 1. The van der Waals surface area contributed by atoms with E-state index in [4.69, 9.17) is 9.47 Å². The monoisotopic (exact) mass is 552 g/mol.